The summed E-state index contributed by atoms with van der Waals surface area (Å²) >= 11 is 0. The van der Waals surface area contributed by atoms with Gasteiger partial charge in [0.1, 0.15) is 12.4 Å². The maximum atomic E-state index is 8.95. The first-order chi connectivity index (χ1) is 8.83. The number of benzene rings is 1. The Kier molecular flexibility index (Phi) is 4.36. The van der Waals surface area contributed by atoms with E-state index in [1.54, 1.807) is 0 Å². The van der Waals surface area contributed by atoms with Gasteiger partial charge in [-0.1, -0.05) is 19.1 Å². The van der Waals surface area contributed by atoms with Gasteiger partial charge in [-0.3, -0.25) is 0 Å². The van der Waals surface area contributed by atoms with E-state index in [0.29, 0.717) is 6.61 Å². The van der Waals surface area contributed by atoms with Crippen LogP contribution in [-0.4, -0.2) is 14.7 Å². The number of hydrogen-bond acceptors (Lipinski definition) is 3. The summed E-state index contributed by atoms with van der Waals surface area (Å²) in [5.74, 6) is 0.802. The topological polar surface area (TPSA) is 47.3 Å². The lowest BCUT2D eigenvalue weighted by Gasteiger charge is -2.09. The second-order valence-electron chi connectivity index (χ2n) is 4.17. The quantitative estimate of drug-likeness (QED) is 0.851. The Morgan fingerprint density at radius 2 is 2.06 bits per heavy atom. The van der Waals surface area contributed by atoms with Gasteiger partial charge in [-0.2, -0.15) is 0 Å². The van der Waals surface area contributed by atoms with E-state index in [9.17, 15) is 0 Å². The molecule has 1 N–H and O–H groups in total. The van der Waals surface area contributed by atoms with Crippen LogP contribution in [0.2, 0.25) is 0 Å². The summed E-state index contributed by atoms with van der Waals surface area (Å²) in [5, 5.41) is 8.95. The highest BCUT2D eigenvalue weighted by Crippen LogP contribution is 2.14. The van der Waals surface area contributed by atoms with Crippen molar-refractivity contribution in [1.82, 2.24) is 9.55 Å². The molecule has 0 saturated heterocycles. The molecular weight excluding hydrogens is 228 g/mol. The second kappa shape index (κ2) is 6.21. The minimum absolute atomic E-state index is 0.0591. The normalized spacial score (nSPS) is 10.6. The van der Waals surface area contributed by atoms with Crippen molar-refractivity contribution in [2.24, 2.45) is 0 Å². The van der Waals surface area contributed by atoms with Crippen LogP contribution in [0.1, 0.15) is 24.6 Å². The number of aliphatic hydroxyl groups is 1. The van der Waals surface area contributed by atoms with Crippen molar-refractivity contribution in [3.8, 4) is 5.75 Å². The molecule has 0 unspecified atom stereocenters. The highest BCUT2D eigenvalue weighted by atomic mass is 16.5. The summed E-state index contributed by atoms with van der Waals surface area (Å²) in [6.45, 7) is 3.67. The largest absolute Gasteiger partial charge is 0.487 e. The lowest BCUT2D eigenvalue weighted by atomic mass is 10.2. The summed E-state index contributed by atoms with van der Waals surface area (Å²) in [7, 11) is 0. The van der Waals surface area contributed by atoms with E-state index in [-0.39, 0.29) is 6.61 Å². The van der Waals surface area contributed by atoms with E-state index >= 15 is 0 Å². The van der Waals surface area contributed by atoms with Crippen LogP contribution in [0, 0.1) is 0 Å². The molecular formula is C14H18N2O2. The van der Waals surface area contributed by atoms with Gasteiger partial charge in [0.05, 0.1) is 24.8 Å². The molecule has 96 valence electrons. The first-order valence-corrected chi connectivity index (χ1v) is 6.15. The molecule has 2 aromatic rings. The Morgan fingerprint density at radius 3 is 2.72 bits per heavy atom. The average Bonchev–Trinajstić information content (AvgIpc) is 2.85. The summed E-state index contributed by atoms with van der Waals surface area (Å²) in [5.41, 5.74) is 1.96. The van der Waals surface area contributed by atoms with Gasteiger partial charge in [0.15, 0.2) is 0 Å². The zero-order valence-corrected chi connectivity index (χ0v) is 10.5. The number of nitrogens with zero attached hydrogens (tertiary/aromatic N) is 2. The molecule has 2 rings (SSSR count). The van der Waals surface area contributed by atoms with Crippen LogP contribution in [0.3, 0.4) is 0 Å². The fourth-order valence-corrected chi connectivity index (χ4v) is 1.76. The average molecular weight is 246 g/mol. The number of rotatable bonds is 6. The molecule has 0 fully saturated rings. The molecule has 4 heteroatoms. The predicted molar refractivity (Wildman–Crippen MR) is 69.2 cm³/mol. The predicted octanol–water partition coefficient (Wildman–Crippen LogP) is 2.36. The van der Waals surface area contributed by atoms with Gasteiger partial charge >= 0.3 is 0 Å². The molecule has 0 aliphatic heterocycles. The molecule has 0 radical (unpaired) electrons. The van der Waals surface area contributed by atoms with Gasteiger partial charge in [-0.25, -0.2) is 4.98 Å². The lowest BCUT2D eigenvalue weighted by Crippen LogP contribution is -2.04. The van der Waals surface area contributed by atoms with Crippen molar-refractivity contribution in [1.29, 1.82) is 0 Å². The van der Waals surface area contributed by atoms with Crippen LogP contribution in [0.15, 0.2) is 36.8 Å². The van der Waals surface area contributed by atoms with Crippen LogP contribution in [-0.2, 0) is 19.8 Å². The monoisotopic (exact) mass is 246 g/mol. The molecule has 0 aliphatic carbocycles. The fourth-order valence-electron chi connectivity index (χ4n) is 1.76. The molecule has 0 bridgehead atoms. The summed E-state index contributed by atoms with van der Waals surface area (Å²) in [6, 6.07) is 7.45. The van der Waals surface area contributed by atoms with Gasteiger partial charge in [0.2, 0.25) is 0 Å². The molecule has 1 aromatic carbocycles. The number of imidazole rings is 1. The molecule has 0 saturated carbocycles. The van der Waals surface area contributed by atoms with Crippen LogP contribution < -0.4 is 4.74 Å². The molecule has 0 aliphatic rings. The molecule has 18 heavy (non-hydrogen) atoms. The van der Waals surface area contributed by atoms with Crippen molar-refractivity contribution < 1.29 is 9.84 Å². The highest BCUT2D eigenvalue weighted by Gasteiger charge is 2.02. The number of ether oxygens (including phenoxy) is 1. The first kappa shape index (κ1) is 12.6. The molecule has 4 nitrogen and oxygen atoms in total. The third kappa shape index (κ3) is 3.11. The van der Waals surface area contributed by atoms with E-state index in [1.165, 1.54) is 0 Å². The fraction of sp³-hybridized carbons (Fsp3) is 0.357. The van der Waals surface area contributed by atoms with Crippen molar-refractivity contribution in [2.75, 3.05) is 0 Å². The van der Waals surface area contributed by atoms with E-state index in [2.05, 4.69) is 16.5 Å². The standard InChI is InChI=1S/C14H18N2O2/c1-2-7-16-11-15-8-13(16)10-18-14-5-3-12(9-17)4-6-14/h3-6,8,11,17H,2,7,9-10H2,1H3. The summed E-state index contributed by atoms with van der Waals surface area (Å²) < 4.78 is 7.79. The minimum atomic E-state index is 0.0591. The van der Waals surface area contributed by atoms with Crippen molar-refractivity contribution >= 4 is 0 Å². The molecule has 0 amide bonds. The molecule has 1 heterocycles. The van der Waals surface area contributed by atoms with E-state index in [4.69, 9.17) is 9.84 Å². The summed E-state index contributed by atoms with van der Waals surface area (Å²) in [6.07, 6.45) is 4.74. The molecule has 0 spiro atoms. The number of aliphatic hydroxyl groups excluding tert-OH is 1. The van der Waals surface area contributed by atoms with Crippen molar-refractivity contribution in [3.05, 3.63) is 48.0 Å². The highest BCUT2D eigenvalue weighted by molar-refractivity contribution is 5.26. The van der Waals surface area contributed by atoms with Crippen molar-refractivity contribution in [2.45, 2.75) is 33.1 Å². The maximum Gasteiger partial charge on any atom is 0.130 e. The van der Waals surface area contributed by atoms with E-state index < -0.39 is 0 Å². The summed E-state index contributed by atoms with van der Waals surface area (Å²) in [4.78, 5) is 4.13. The van der Waals surface area contributed by atoms with Gasteiger partial charge in [-0.05, 0) is 24.1 Å². The third-order valence-electron chi connectivity index (χ3n) is 2.76. The maximum absolute atomic E-state index is 8.95. The van der Waals surface area contributed by atoms with Crippen LogP contribution in [0.25, 0.3) is 0 Å². The van der Waals surface area contributed by atoms with E-state index in [0.717, 1.165) is 30.0 Å². The third-order valence-corrected chi connectivity index (χ3v) is 2.76. The number of aryl methyl sites for hydroxylation is 1. The lowest BCUT2D eigenvalue weighted by molar-refractivity contribution is 0.280. The van der Waals surface area contributed by atoms with Crippen molar-refractivity contribution in [3.63, 3.8) is 0 Å². The number of aromatic nitrogens is 2. The molecule has 1 aromatic heterocycles. The SMILES string of the molecule is CCCn1cncc1COc1ccc(CO)cc1. The van der Waals surface area contributed by atoms with Gasteiger partial charge in [0, 0.05) is 6.54 Å². The van der Waals surface area contributed by atoms with Gasteiger partial charge in [-0.15, -0.1) is 0 Å². The van der Waals surface area contributed by atoms with Crippen LogP contribution >= 0.6 is 0 Å². The zero-order chi connectivity index (χ0) is 12.8. The second-order valence-corrected chi connectivity index (χ2v) is 4.17. The van der Waals surface area contributed by atoms with E-state index in [1.807, 2.05) is 36.8 Å². The number of hydrogen-bond donors (Lipinski definition) is 1. The minimum Gasteiger partial charge on any atom is -0.487 e. The Balaban J connectivity index is 1.95. The Bertz CT molecular complexity index is 477. The Labute approximate surface area is 107 Å². The van der Waals surface area contributed by atoms with Gasteiger partial charge < -0.3 is 14.4 Å². The van der Waals surface area contributed by atoms with Crippen LogP contribution in [0.5, 0.6) is 5.75 Å². The zero-order valence-electron chi connectivity index (χ0n) is 10.5. The smallest absolute Gasteiger partial charge is 0.130 e. The Morgan fingerprint density at radius 1 is 1.28 bits per heavy atom. The van der Waals surface area contributed by atoms with Gasteiger partial charge in [0.25, 0.3) is 0 Å². The molecule has 0 atom stereocenters. The van der Waals surface area contributed by atoms with Crippen LogP contribution in [0.4, 0.5) is 0 Å². The first-order valence-electron chi connectivity index (χ1n) is 6.15. The Hall–Kier alpha value is -1.81.